The normalized spacial score (nSPS) is 26.4. The number of ether oxygens (including phenoxy) is 1. The number of hydrogen-bond acceptors (Lipinski definition) is 4. The van der Waals surface area contributed by atoms with Gasteiger partial charge in [0.05, 0.1) is 6.10 Å². The van der Waals surface area contributed by atoms with Crippen molar-refractivity contribution in [2.75, 3.05) is 52.9 Å². The molecule has 0 bridgehead atoms. The SMILES string of the molecule is CC(CNCC1CCCO1)N(C)CCN1CCCC1. The molecule has 2 heterocycles. The van der Waals surface area contributed by atoms with Crippen LogP contribution < -0.4 is 5.32 Å². The van der Waals surface area contributed by atoms with E-state index in [1.165, 1.54) is 51.9 Å². The number of likely N-dealkylation sites (tertiary alicyclic amines) is 1. The second kappa shape index (κ2) is 8.20. The van der Waals surface area contributed by atoms with Crippen molar-refractivity contribution in [3.8, 4) is 0 Å². The predicted molar refractivity (Wildman–Crippen MR) is 79.6 cm³/mol. The van der Waals surface area contributed by atoms with Crippen LogP contribution in [0.1, 0.15) is 32.6 Å². The molecule has 112 valence electrons. The fourth-order valence-electron chi connectivity index (χ4n) is 2.94. The minimum atomic E-state index is 0.460. The minimum absolute atomic E-state index is 0.460. The first-order valence-corrected chi connectivity index (χ1v) is 8.00. The van der Waals surface area contributed by atoms with E-state index in [4.69, 9.17) is 4.74 Å². The molecule has 0 aromatic carbocycles. The van der Waals surface area contributed by atoms with Crippen LogP contribution >= 0.6 is 0 Å². The zero-order valence-electron chi connectivity index (χ0n) is 12.7. The second-order valence-corrected chi connectivity index (χ2v) is 6.17. The van der Waals surface area contributed by atoms with Crippen molar-refractivity contribution in [2.45, 2.75) is 44.8 Å². The standard InChI is InChI=1S/C15H31N3O/c1-14(12-16-13-15-6-5-11-19-15)17(2)9-10-18-7-3-4-8-18/h14-16H,3-13H2,1-2H3. The van der Waals surface area contributed by atoms with Crippen LogP contribution in [0.15, 0.2) is 0 Å². The van der Waals surface area contributed by atoms with Gasteiger partial charge in [0, 0.05) is 38.8 Å². The summed E-state index contributed by atoms with van der Waals surface area (Å²) in [5.74, 6) is 0. The van der Waals surface area contributed by atoms with Crippen LogP contribution in [0, 0.1) is 0 Å². The van der Waals surface area contributed by atoms with E-state index in [1.807, 2.05) is 0 Å². The van der Waals surface area contributed by atoms with Crippen molar-refractivity contribution in [2.24, 2.45) is 0 Å². The van der Waals surface area contributed by atoms with E-state index in [0.29, 0.717) is 12.1 Å². The molecule has 0 spiro atoms. The molecule has 2 rings (SSSR count). The maximum absolute atomic E-state index is 5.63. The monoisotopic (exact) mass is 269 g/mol. The molecule has 0 aromatic heterocycles. The first-order valence-electron chi connectivity index (χ1n) is 8.00. The van der Waals surface area contributed by atoms with E-state index in [1.54, 1.807) is 0 Å². The Kier molecular flexibility index (Phi) is 6.57. The van der Waals surface area contributed by atoms with Gasteiger partial charge in [0.2, 0.25) is 0 Å². The van der Waals surface area contributed by atoms with Gasteiger partial charge in [-0.3, -0.25) is 0 Å². The van der Waals surface area contributed by atoms with Gasteiger partial charge in [-0.25, -0.2) is 0 Å². The summed E-state index contributed by atoms with van der Waals surface area (Å²) in [6, 6.07) is 0.601. The van der Waals surface area contributed by atoms with Crippen molar-refractivity contribution in [3.63, 3.8) is 0 Å². The molecule has 2 atom stereocenters. The van der Waals surface area contributed by atoms with Crippen molar-refractivity contribution in [1.82, 2.24) is 15.1 Å². The summed E-state index contributed by atoms with van der Waals surface area (Å²) in [7, 11) is 2.24. The minimum Gasteiger partial charge on any atom is -0.377 e. The molecule has 0 saturated carbocycles. The van der Waals surface area contributed by atoms with Gasteiger partial charge in [-0.2, -0.15) is 0 Å². The smallest absolute Gasteiger partial charge is 0.0700 e. The lowest BCUT2D eigenvalue weighted by atomic mass is 10.2. The molecule has 2 saturated heterocycles. The van der Waals surface area contributed by atoms with Gasteiger partial charge in [-0.15, -0.1) is 0 Å². The van der Waals surface area contributed by atoms with Crippen LogP contribution in [0.2, 0.25) is 0 Å². The molecule has 1 N–H and O–H groups in total. The molecule has 4 heteroatoms. The predicted octanol–water partition coefficient (Wildman–Crippen LogP) is 1.17. The third-order valence-electron chi connectivity index (χ3n) is 4.56. The summed E-state index contributed by atoms with van der Waals surface area (Å²) < 4.78 is 5.63. The van der Waals surface area contributed by atoms with Crippen molar-refractivity contribution < 1.29 is 4.74 Å². The van der Waals surface area contributed by atoms with Crippen molar-refractivity contribution in [1.29, 1.82) is 0 Å². The highest BCUT2D eigenvalue weighted by molar-refractivity contribution is 4.73. The first-order chi connectivity index (χ1) is 9.25. The first kappa shape index (κ1) is 15.2. The van der Waals surface area contributed by atoms with Crippen LogP contribution in [0.3, 0.4) is 0 Å². The highest BCUT2D eigenvalue weighted by atomic mass is 16.5. The number of likely N-dealkylation sites (N-methyl/N-ethyl adjacent to an activating group) is 1. The Balaban J connectivity index is 1.52. The van der Waals surface area contributed by atoms with Crippen LogP contribution in [-0.2, 0) is 4.74 Å². The topological polar surface area (TPSA) is 27.7 Å². The lowest BCUT2D eigenvalue weighted by Crippen LogP contribution is -2.43. The summed E-state index contributed by atoms with van der Waals surface area (Å²) in [6.45, 7) is 10.4. The number of rotatable bonds is 8. The third kappa shape index (κ3) is 5.38. The van der Waals surface area contributed by atoms with E-state index in [9.17, 15) is 0 Å². The van der Waals surface area contributed by atoms with E-state index in [2.05, 4.69) is 29.1 Å². The molecule has 0 radical (unpaired) electrons. The molecule has 19 heavy (non-hydrogen) atoms. The van der Waals surface area contributed by atoms with E-state index >= 15 is 0 Å². The summed E-state index contributed by atoms with van der Waals surface area (Å²) in [5.41, 5.74) is 0. The molecule has 0 aromatic rings. The third-order valence-corrected chi connectivity index (χ3v) is 4.56. The Hall–Kier alpha value is -0.160. The van der Waals surface area contributed by atoms with Crippen LogP contribution in [0.4, 0.5) is 0 Å². The molecule has 0 amide bonds. The molecule has 0 aliphatic carbocycles. The number of nitrogens with zero attached hydrogens (tertiary/aromatic N) is 2. The summed E-state index contributed by atoms with van der Waals surface area (Å²) in [5, 5.41) is 3.56. The Morgan fingerprint density at radius 2 is 2.11 bits per heavy atom. The zero-order chi connectivity index (χ0) is 13.5. The van der Waals surface area contributed by atoms with Gasteiger partial charge in [-0.05, 0) is 52.7 Å². The summed E-state index contributed by atoms with van der Waals surface area (Å²) in [4.78, 5) is 5.06. The molecule has 4 nitrogen and oxygen atoms in total. The molecule has 2 aliphatic heterocycles. The molecular weight excluding hydrogens is 238 g/mol. The van der Waals surface area contributed by atoms with Crippen LogP contribution in [0.5, 0.6) is 0 Å². The fraction of sp³-hybridized carbons (Fsp3) is 1.00. The Labute approximate surface area is 118 Å². The quantitative estimate of drug-likeness (QED) is 0.716. The summed E-state index contributed by atoms with van der Waals surface area (Å²) >= 11 is 0. The summed E-state index contributed by atoms with van der Waals surface area (Å²) in [6.07, 6.45) is 5.70. The zero-order valence-corrected chi connectivity index (χ0v) is 12.7. The van der Waals surface area contributed by atoms with Crippen molar-refractivity contribution >= 4 is 0 Å². The van der Waals surface area contributed by atoms with E-state index in [0.717, 1.165) is 19.7 Å². The molecule has 2 unspecified atom stereocenters. The molecule has 2 fully saturated rings. The van der Waals surface area contributed by atoms with Gasteiger partial charge in [-0.1, -0.05) is 0 Å². The van der Waals surface area contributed by atoms with Crippen LogP contribution in [-0.4, -0.2) is 74.9 Å². The van der Waals surface area contributed by atoms with Crippen molar-refractivity contribution in [3.05, 3.63) is 0 Å². The average Bonchev–Trinajstić information content (AvgIpc) is 3.08. The average molecular weight is 269 g/mol. The Morgan fingerprint density at radius 1 is 1.32 bits per heavy atom. The highest BCUT2D eigenvalue weighted by Gasteiger charge is 2.17. The maximum atomic E-state index is 5.63. The van der Waals surface area contributed by atoms with Gasteiger partial charge in [0.1, 0.15) is 0 Å². The van der Waals surface area contributed by atoms with E-state index in [-0.39, 0.29) is 0 Å². The lowest BCUT2D eigenvalue weighted by molar-refractivity contribution is 0.107. The Morgan fingerprint density at radius 3 is 2.79 bits per heavy atom. The number of hydrogen-bond donors (Lipinski definition) is 1. The maximum Gasteiger partial charge on any atom is 0.0700 e. The highest BCUT2D eigenvalue weighted by Crippen LogP contribution is 2.10. The van der Waals surface area contributed by atoms with Gasteiger partial charge in [0.25, 0.3) is 0 Å². The van der Waals surface area contributed by atoms with Gasteiger partial charge in [0.15, 0.2) is 0 Å². The van der Waals surface area contributed by atoms with Gasteiger partial charge < -0.3 is 19.9 Å². The lowest BCUT2D eigenvalue weighted by Gasteiger charge is -2.27. The van der Waals surface area contributed by atoms with Crippen LogP contribution in [0.25, 0.3) is 0 Å². The fourth-order valence-corrected chi connectivity index (χ4v) is 2.94. The Bertz CT molecular complexity index is 238. The second-order valence-electron chi connectivity index (χ2n) is 6.17. The molecular formula is C15H31N3O. The number of nitrogens with one attached hydrogen (secondary N) is 1. The van der Waals surface area contributed by atoms with Gasteiger partial charge >= 0.3 is 0 Å². The molecule has 2 aliphatic rings. The largest absolute Gasteiger partial charge is 0.377 e. The van der Waals surface area contributed by atoms with E-state index < -0.39 is 0 Å².